The number of aromatic nitrogens is 1. The third kappa shape index (κ3) is 7.71. The number of benzene rings is 1. The highest BCUT2D eigenvalue weighted by Crippen LogP contribution is 2.30. The summed E-state index contributed by atoms with van der Waals surface area (Å²) in [6.07, 6.45) is 3.04. The Morgan fingerprint density at radius 1 is 1.26 bits per heavy atom. The molecule has 2 aromatic rings. The summed E-state index contributed by atoms with van der Waals surface area (Å²) in [4.78, 5) is 11.6. The monoisotopic (exact) mass is 559 g/mol. The van der Waals surface area contributed by atoms with Crippen molar-refractivity contribution in [2.75, 3.05) is 45.3 Å². The maximum absolute atomic E-state index is 5.41. The molecule has 1 aromatic heterocycles. The number of aryl methyl sites for hydroxylation is 2. The number of ether oxygens (including phenoxy) is 2. The van der Waals surface area contributed by atoms with Crippen LogP contribution in [0.1, 0.15) is 30.5 Å². The van der Waals surface area contributed by atoms with E-state index in [1.54, 1.807) is 25.6 Å². The van der Waals surface area contributed by atoms with E-state index in [-0.39, 0.29) is 24.0 Å². The molecular formula is C22H34IN5O2S. The largest absolute Gasteiger partial charge is 0.497 e. The number of halogens is 1. The number of methoxy groups -OCH3 is 2. The molecule has 1 aliphatic heterocycles. The fraction of sp³-hybridized carbons (Fsp3) is 0.545. The van der Waals surface area contributed by atoms with E-state index in [1.165, 1.54) is 5.01 Å². The highest BCUT2D eigenvalue weighted by atomic mass is 127. The number of anilines is 1. The number of thiazole rings is 1. The smallest absolute Gasteiger partial charge is 0.191 e. The van der Waals surface area contributed by atoms with Crippen LogP contribution in [0.5, 0.6) is 11.5 Å². The molecule has 0 aliphatic carbocycles. The van der Waals surface area contributed by atoms with Crippen LogP contribution in [0.3, 0.4) is 0 Å². The average Bonchev–Trinajstić information content (AvgIpc) is 3.39. The number of rotatable bonds is 9. The average molecular weight is 560 g/mol. The fourth-order valence-corrected chi connectivity index (χ4v) is 4.36. The van der Waals surface area contributed by atoms with E-state index in [9.17, 15) is 0 Å². The highest BCUT2D eigenvalue weighted by Gasteiger charge is 2.24. The minimum Gasteiger partial charge on any atom is -0.497 e. The first-order valence-corrected chi connectivity index (χ1v) is 11.4. The van der Waals surface area contributed by atoms with E-state index < -0.39 is 0 Å². The Bertz CT molecular complexity index is 823. The molecule has 0 radical (unpaired) electrons. The van der Waals surface area contributed by atoms with Gasteiger partial charge in [0.1, 0.15) is 11.5 Å². The molecule has 172 valence electrons. The number of aliphatic imine (C=N–C) groups is 1. The Balaban J connectivity index is 0.00000341. The first kappa shape index (κ1) is 25.5. The second-order valence-electron chi connectivity index (χ2n) is 7.39. The second-order valence-corrected chi connectivity index (χ2v) is 8.34. The topological polar surface area (TPSA) is 71.0 Å². The molecule has 1 atom stereocenters. The quantitative estimate of drug-likeness (QED) is 0.211. The Kier molecular flexibility index (Phi) is 10.7. The summed E-state index contributed by atoms with van der Waals surface area (Å²) in [5, 5.41) is 10.3. The minimum atomic E-state index is 0. The lowest BCUT2D eigenvalue weighted by molar-refractivity contribution is 0.394. The van der Waals surface area contributed by atoms with Gasteiger partial charge in [0.05, 0.1) is 19.2 Å². The van der Waals surface area contributed by atoms with E-state index in [1.807, 2.05) is 13.0 Å². The van der Waals surface area contributed by atoms with Crippen LogP contribution in [-0.4, -0.2) is 57.4 Å². The van der Waals surface area contributed by atoms with Crippen LogP contribution in [-0.2, 0) is 6.42 Å². The van der Waals surface area contributed by atoms with E-state index in [2.05, 4.69) is 45.0 Å². The van der Waals surface area contributed by atoms with Crippen molar-refractivity contribution in [1.82, 2.24) is 15.6 Å². The molecule has 1 unspecified atom stereocenters. The van der Waals surface area contributed by atoms with Crippen LogP contribution in [0.2, 0.25) is 0 Å². The molecule has 9 heteroatoms. The standard InChI is InChI=1S/C22H33N5O2S.HI/c1-5-23-22(24-9-6-7-21-25-16(2)15-30-21)26-17-8-10-27(14-17)18-11-19(28-3)13-20(12-18)29-4;/h11-13,15,17H,5-10,14H2,1-4H3,(H2,23,24,26);1H. The molecule has 1 fully saturated rings. The summed E-state index contributed by atoms with van der Waals surface area (Å²) >= 11 is 1.73. The molecule has 0 saturated carbocycles. The zero-order valence-corrected chi connectivity index (χ0v) is 22.0. The van der Waals surface area contributed by atoms with E-state index in [0.717, 1.165) is 74.3 Å². The molecule has 1 saturated heterocycles. The van der Waals surface area contributed by atoms with Crippen LogP contribution in [0.4, 0.5) is 5.69 Å². The Hall–Kier alpha value is -1.75. The van der Waals surface area contributed by atoms with Crippen LogP contribution in [0.15, 0.2) is 28.6 Å². The lowest BCUT2D eigenvalue weighted by atomic mass is 10.2. The Labute approximate surface area is 206 Å². The molecule has 3 rings (SSSR count). The van der Waals surface area contributed by atoms with E-state index in [0.29, 0.717) is 6.04 Å². The number of nitrogens with one attached hydrogen (secondary N) is 2. The molecule has 2 heterocycles. The van der Waals surface area contributed by atoms with Gasteiger partial charge in [-0.15, -0.1) is 35.3 Å². The van der Waals surface area contributed by atoms with Gasteiger partial charge in [0.25, 0.3) is 0 Å². The van der Waals surface area contributed by atoms with Crippen molar-refractivity contribution < 1.29 is 9.47 Å². The summed E-state index contributed by atoms with van der Waals surface area (Å²) in [5.41, 5.74) is 2.23. The third-order valence-electron chi connectivity index (χ3n) is 5.06. The van der Waals surface area contributed by atoms with Gasteiger partial charge in [-0.3, -0.25) is 4.99 Å². The van der Waals surface area contributed by atoms with Gasteiger partial charge in [-0.25, -0.2) is 4.98 Å². The van der Waals surface area contributed by atoms with Crippen molar-refractivity contribution in [3.8, 4) is 11.5 Å². The molecular weight excluding hydrogens is 525 g/mol. The summed E-state index contributed by atoms with van der Waals surface area (Å²) < 4.78 is 10.8. The molecule has 31 heavy (non-hydrogen) atoms. The molecule has 7 nitrogen and oxygen atoms in total. The maximum Gasteiger partial charge on any atom is 0.191 e. The summed E-state index contributed by atoms with van der Waals surface area (Å²) in [6.45, 7) is 7.67. The number of hydrogen-bond donors (Lipinski definition) is 2. The zero-order valence-electron chi connectivity index (χ0n) is 18.8. The Morgan fingerprint density at radius 3 is 2.61 bits per heavy atom. The van der Waals surface area contributed by atoms with Gasteiger partial charge in [-0.05, 0) is 26.7 Å². The second kappa shape index (κ2) is 12.9. The van der Waals surface area contributed by atoms with Gasteiger partial charge in [-0.2, -0.15) is 0 Å². The number of hydrogen-bond acceptors (Lipinski definition) is 6. The minimum absolute atomic E-state index is 0. The van der Waals surface area contributed by atoms with Crippen LogP contribution in [0, 0.1) is 6.92 Å². The summed E-state index contributed by atoms with van der Waals surface area (Å²) in [5.74, 6) is 2.51. The predicted molar refractivity (Wildman–Crippen MR) is 140 cm³/mol. The Morgan fingerprint density at radius 2 is 2.00 bits per heavy atom. The van der Waals surface area contributed by atoms with Crippen molar-refractivity contribution in [3.63, 3.8) is 0 Å². The van der Waals surface area contributed by atoms with Crippen molar-refractivity contribution in [2.45, 2.75) is 39.2 Å². The third-order valence-corrected chi connectivity index (χ3v) is 6.09. The van der Waals surface area contributed by atoms with Crippen molar-refractivity contribution in [1.29, 1.82) is 0 Å². The fourth-order valence-electron chi connectivity index (χ4n) is 3.54. The van der Waals surface area contributed by atoms with Gasteiger partial charge in [0, 0.05) is 73.6 Å². The summed E-state index contributed by atoms with van der Waals surface area (Å²) in [6, 6.07) is 6.37. The van der Waals surface area contributed by atoms with Gasteiger partial charge < -0.3 is 25.0 Å². The van der Waals surface area contributed by atoms with Crippen LogP contribution in [0.25, 0.3) is 0 Å². The predicted octanol–water partition coefficient (Wildman–Crippen LogP) is 3.85. The number of guanidine groups is 1. The normalized spacial score (nSPS) is 16.1. The lowest BCUT2D eigenvalue weighted by Gasteiger charge is -2.21. The van der Waals surface area contributed by atoms with Gasteiger partial charge in [0.15, 0.2) is 5.96 Å². The molecule has 1 aromatic carbocycles. The molecule has 2 N–H and O–H groups in total. The van der Waals surface area contributed by atoms with E-state index >= 15 is 0 Å². The first-order chi connectivity index (χ1) is 14.6. The van der Waals surface area contributed by atoms with Gasteiger partial charge >= 0.3 is 0 Å². The van der Waals surface area contributed by atoms with Crippen molar-refractivity contribution in [3.05, 3.63) is 34.3 Å². The first-order valence-electron chi connectivity index (χ1n) is 10.5. The van der Waals surface area contributed by atoms with Gasteiger partial charge in [0.2, 0.25) is 0 Å². The maximum atomic E-state index is 5.41. The molecule has 1 aliphatic rings. The molecule has 0 amide bonds. The zero-order chi connectivity index (χ0) is 21.3. The number of nitrogens with zero attached hydrogens (tertiary/aromatic N) is 3. The van der Waals surface area contributed by atoms with Crippen LogP contribution >= 0.6 is 35.3 Å². The SMILES string of the molecule is CCNC(=NCCCc1nc(C)cs1)NC1CCN(c2cc(OC)cc(OC)c2)C1.I. The van der Waals surface area contributed by atoms with E-state index in [4.69, 9.17) is 14.5 Å². The van der Waals surface area contributed by atoms with Crippen molar-refractivity contribution >= 4 is 47.0 Å². The lowest BCUT2D eigenvalue weighted by Crippen LogP contribution is -2.44. The molecule has 0 spiro atoms. The highest BCUT2D eigenvalue weighted by molar-refractivity contribution is 14.0. The summed E-state index contributed by atoms with van der Waals surface area (Å²) in [7, 11) is 3.36. The molecule has 0 bridgehead atoms. The van der Waals surface area contributed by atoms with Crippen LogP contribution < -0.4 is 25.0 Å². The van der Waals surface area contributed by atoms with Crippen molar-refractivity contribution in [2.24, 2.45) is 4.99 Å². The van der Waals surface area contributed by atoms with Gasteiger partial charge in [-0.1, -0.05) is 0 Å².